The monoisotopic (exact) mass is 557 g/mol. The van der Waals surface area contributed by atoms with Gasteiger partial charge in [0.15, 0.2) is 5.78 Å². The number of ketones is 1. The van der Waals surface area contributed by atoms with E-state index in [9.17, 15) is 33.0 Å². The predicted molar refractivity (Wildman–Crippen MR) is 128 cm³/mol. The molecular formula is C23H23ClF3N5O6. The first-order chi connectivity index (χ1) is 17.9. The summed E-state index contributed by atoms with van der Waals surface area (Å²) in [6, 6.07) is 5.43. The second kappa shape index (κ2) is 12.1. The standard InChI is InChI=1S/C23H23ClF3N5O6/c1-11-7-16(24)19(8-17(11)28-22(36)21-29-31-32-30-21)38-10-13(34)9-37-18-4-3-14(12(2)33)20(35)15(18)5-6-23(25,26)27/h3-4,7-8,13,34-35H,5-6,9-10H2,1-2H3,(H,28,36)(H,29,30,31,32). The molecule has 3 aromatic rings. The summed E-state index contributed by atoms with van der Waals surface area (Å²) in [5, 5.41) is 36.1. The van der Waals surface area contributed by atoms with Crippen LogP contribution in [0.25, 0.3) is 0 Å². The van der Waals surface area contributed by atoms with Gasteiger partial charge in [0.05, 0.1) is 10.6 Å². The van der Waals surface area contributed by atoms with Crippen molar-refractivity contribution in [3.63, 3.8) is 0 Å². The maximum atomic E-state index is 12.8. The number of phenolic OH excluding ortho intramolecular Hbond substituents is 1. The number of aromatic hydroxyl groups is 1. The molecule has 2 aromatic carbocycles. The summed E-state index contributed by atoms with van der Waals surface area (Å²) in [4.78, 5) is 23.9. The average molecular weight is 558 g/mol. The van der Waals surface area contributed by atoms with Crippen LogP contribution in [0, 0.1) is 6.92 Å². The zero-order chi connectivity index (χ0) is 28.0. The molecule has 0 saturated heterocycles. The van der Waals surface area contributed by atoms with Crippen LogP contribution in [-0.2, 0) is 6.42 Å². The summed E-state index contributed by atoms with van der Waals surface area (Å²) in [7, 11) is 0. The Labute approximate surface area is 218 Å². The third kappa shape index (κ3) is 7.55. The number of amides is 1. The number of rotatable bonds is 11. The number of halogens is 4. The number of carbonyl (C=O) groups is 2. The number of alkyl halides is 3. The molecule has 0 aliphatic heterocycles. The number of aliphatic hydroxyl groups is 1. The molecule has 38 heavy (non-hydrogen) atoms. The molecule has 0 bridgehead atoms. The van der Waals surface area contributed by atoms with Gasteiger partial charge >= 0.3 is 6.18 Å². The molecule has 15 heteroatoms. The molecule has 1 aromatic heterocycles. The van der Waals surface area contributed by atoms with E-state index in [0.717, 1.165) is 0 Å². The number of benzene rings is 2. The molecule has 11 nitrogen and oxygen atoms in total. The Morgan fingerprint density at radius 2 is 1.87 bits per heavy atom. The lowest BCUT2D eigenvalue weighted by atomic mass is 10.0. The van der Waals surface area contributed by atoms with E-state index in [1.807, 2.05) is 0 Å². The molecule has 0 aliphatic carbocycles. The summed E-state index contributed by atoms with van der Waals surface area (Å²) in [6.07, 6.45) is -7.65. The van der Waals surface area contributed by atoms with Crippen molar-refractivity contribution in [2.45, 2.75) is 39.0 Å². The summed E-state index contributed by atoms with van der Waals surface area (Å²) >= 11 is 6.21. The van der Waals surface area contributed by atoms with E-state index in [2.05, 4.69) is 25.9 Å². The summed E-state index contributed by atoms with van der Waals surface area (Å²) in [5.74, 6) is -1.95. The molecule has 1 unspecified atom stereocenters. The van der Waals surface area contributed by atoms with E-state index in [1.54, 1.807) is 6.92 Å². The Morgan fingerprint density at radius 3 is 2.47 bits per heavy atom. The van der Waals surface area contributed by atoms with Gasteiger partial charge in [0.25, 0.3) is 11.7 Å². The molecule has 3 rings (SSSR count). The van der Waals surface area contributed by atoms with Crippen molar-refractivity contribution < 1.29 is 42.4 Å². The molecule has 0 saturated carbocycles. The van der Waals surface area contributed by atoms with Gasteiger partial charge in [0.2, 0.25) is 0 Å². The van der Waals surface area contributed by atoms with Crippen molar-refractivity contribution in [1.29, 1.82) is 0 Å². The largest absolute Gasteiger partial charge is 0.507 e. The lowest BCUT2D eigenvalue weighted by Gasteiger charge is -2.19. The molecule has 204 valence electrons. The van der Waals surface area contributed by atoms with Gasteiger partial charge in [0, 0.05) is 23.7 Å². The number of hydrogen-bond acceptors (Lipinski definition) is 9. The van der Waals surface area contributed by atoms with Crippen molar-refractivity contribution in [2.75, 3.05) is 18.5 Å². The van der Waals surface area contributed by atoms with Crippen molar-refractivity contribution >= 4 is 29.0 Å². The summed E-state index contributed by atoms with van der Waals surface area (Å²) < 4.78 is 49.3. The van der Waals surface area contributed by atoms with Gasteiger partial charge in [-0.25, -0.2) is 0 Å². The Morgan fingerprint density at radius 1 is 1.18 bits per heavy atom. The van der Waals surface area contributed by atoms with Crippen LogP contribution in [-0.4, -0.2) is 68.0 Å². The number of nitrogens with zero attached hydrogens (tertiary/aromatic N) is 3. The molecule has 4 N–H and O–H groups in total. The number of aromatic nitrogens is 4. The van der Waals surface area contributed by atoms with E-state index < -0.39 is 49.2 Å². The number of tetrazole rings is 1. The lowest BCUT2D eigenvalue weighted by molar-refractivity contribution is -0.134. The molecule has 1 amide bonds. The fraction of sp³-hybridized carbons (Fsp3) is 0.348. The van der Waals surface area contributed by atoms with Crippen LogP contribution < -0.4 is 14.8 Å². The van der Waals surface area contributed by atoms with E-state index in [1.165, 1.54) is 31.2 Å². The first-order valence-corrected chi connectivity index (χ1v) is 11.4. The minimum atomic E-state index is -4.50. The highest BCUT2D eigenvalue weighted by molar-refractivity contribution is 6.32. The molecule has 1 atom stereocenters. The number of carbonyl (C=O) groups excluding carboxylic acids is 2. The highest BCUT2D eigenvalue weighted by Gasteiger charge is 2.29. The van der Waals surface area contributed by atoms with Crippen molar-refractivity contribution in [3.05, 3.63) is 51.8 Å². The number of hydrogen-bond donors (Lipinski definition) is 4. The number of aromatic amines is 1. The number of anilines is 1. The Hall–Kier alpha value is -3.91. The van der Waals surface area contributed by atoms with Crippen molar-refractivity contribution in [3.8, 4) is 17.2 Å². The number of nitrogens with one attached hydrogen (secondary N) is 2. The number of Topliss-reactive ketones (excluding diaryl/α,β-unsaturated/α-hetero) is 1. The van der Waals surface area contributed by atoms with Crippen LogP contribution in [0.3, 0.4) is 0 Å². The lowest BCUT2D eigenvalue weighted by Crippen LogP contribution is -2.25. The SMILES string of the molecule is CC(=O)c1ccc(OCC(O)COc2cc(NC(=O)c3nn[nH]n3)c(C)cc2Cl)c(CCC(F)(F)F)c1O. The number of aliphatic hydroxyl groups excluding tert-OH is 1. The third-order valence-electron chi connectivity index (χ3n) is 5.22. The first-order valence-electron chi connectivity index (χ1n) is 11.1. The van der Waals surface area contributed by atoms with Gasteiger partial charge in [-0.2, -0.15) is 18.4 Å². The van der Waals surface area contributed by atoms with Crippen LogP contribution in [0.2, 0.25) is 5.02 Å². The fourth-order valence-electron chi connectivity index (χ4n) is 3.30. The van der Waals surface area contributed by atoms with E-state index in [0.29, 0.717) is 11.3 Å². The van der Waals surface area contributed by atoms with Gasteiger partial charge in [-0.3, -0.25) is 9.59 Å². The topological polar surface area (TPSA) is 160 Å². The molecule has 1 heterocycles. The van der Waals surface area contributed by atoms with E-state index in [4.69, 9.17) is 21.1 Å². The number of H-pyrrole nitrogens is 1. The van der Waals surface area contributed by atoms with Crippen LogP contribution in [0.5, 0.6) is 17.2 Å². The Balaban J connectivity index is 1.66. The summed E-state index contributed by atoms with van der Waals surface area (Å²) in [6.45, 7) is 2.11. The fourth-order valence-corrected chi connectivity index (χ4v) is 3.57. The molecule has 0 fully saturated rings. The quantitative estimate of drug-likeness (QED) is 0.258. The van der Waals surface area contributed by atoms with Crippen LogP contribution in [0.15, 0.2) is 24.3 Å². The van der Waals surface area contributed by atoms with Gasteiger partial charge in [0.1, 0.15) is 36.6 Å². The molecule has 0 spiro atoms. The highest BCUT2D eigenvalue weighted by Crippen LogP contribution is 2.35. The van der Waals surface area contributed by atoms with Gasteiger partial charge in [-0.15, -0.1) is 10.2 Å². The first kappa shape index (κ1) is 28.7. The minimum absolute atomic E-state index is 0.115. The van der Waals surface area contributed by atoms with Crippen LogP contribution in [0.4, 0.5) is 18.9 Å². The number of phenols is 1. The van der Waals surface area contributed by atoms with Gasteiger partial charge in [-0.1, -0.05) is 11.6 Å². The Kier molecular flexibility index (Phi) is 9.12. The second-order valence-electron chi connectivity index (χ2n) is 8.17. The maximum absolute atomic E-state index is 12.8. The number of aryl methyl sites for hydroxylation is 1. The highest BCUT2D eigenvalue weighted by atomic mass is 35.5. The van der Waals surface area contributed by atoms with Crippen molar-refractivity contribution in [1.82, 2.24) is 20.6 Å². The van der Waals surface area contributed by atoms with Crippen LogP contribution in [0.1, 0.15) is 45.4 Å². The molecule has 0 radical (unpaired) electrons. The summed E-state index contributed by atoms with van der Waals surface area (Å²) in [5.41, 5.74) is 0.588. The van der Waals surface area contributed by atoms with E-state index in [-0.39, 0.29) is 40.1 Å². The third-order valence-corrected chi connectivity index (χ3v) is 5.51. The zero-order valence-electron chi connectivity index (χ0n) is 20.1. The average Bonchev–Trinajstić information content (AvgIpc) is 3.37. The normalized spacial score (nSPS) is 12.2. The minimum Gasteiger partial charge on any atom is -0.507 e. The maximum Gasteiger partial charge on any atom is 0.389 e. The van der Waals surface area contributed by atoms with Gasteiger partial charge < -0.3 is 25.0 Å². The number of ether oxygens (including phenoxy) is 2. The van der Waals surface area contributed by atoms with E-state index >= 15 is 0 Å². The smallest absolute Gasteiger partial charge is 0.389 e. The molecule has 0 aliphatic rings. The second-order valence-corrected chi connectivity index (χ2v) is 8.58. The van der Waals surface area contributed by atoms with Crippen LogP contribution >= 0.6 is 11.6 Å². The Bertz CT molecular complexity index is 1300. The molecular weight excluding hydrogens is 535 g/mol. The van der Waals surface area contributed by atoms with Gasteiger partial charge in [-0.05, 0) is 49.2 Å². The van der Waals surface area contributed by atoms with Crippen molar-refractivity contribution in [2.24, 2.45) is 0 Å². The predicted octanol–water partition coefficient (Wildman–Crippen LogP) is 3.64. The zero-order valence-corrected chi connectivity index (χ0v) is 20.9.